The number of aliphatic hydroxyl groups excluding tert-OH is 1. The van der Waals surface area contributed by atoms with Gasteiger partial charge >= 0.3 is 5.97 Å². The van der Waals surface area contributed by atoms with Crippen LogP contribution in [0.3, 0.4) is 0 Å². The maximum absolute atomic E-state index is 11.7. The van der Waals surface area contributed by atoms with Gasteiger partial charge in [0.25, 0.3) is 0 Å². The second-order valence-corrected chi connectivity index (χ2v) is 12.3. The van der Waals surface area contributed by atoms with Crippen molar-refractivity contribution in [3.63, 3.8) is 0 Å². The Balaban J connectivity index is 1.47. The fraction of sp³-hybridized carbons (Fsp3) is 0.963. The molecule has 5 heteroatoms. The fourth-order valence-electron chi connectivity index (χ4n) is 9.40. The van der Waals surface area contributed by atoms with E-state index in [4.69, 9.17) is 10.5 Å². The number of methoxy groups -OCH3 is 1. The van der Waals surface area contributed by atoms with Crippen LogP contribution < -0.4 is 11.1 Å². The van der Waals surface area contributed by atoms with Gasteiger partial charge in [-0.25, -0.2) is 0 Å². The van der Waals surface area contributed by atoms with Crippen molar-refractivity contribution in [3.05, 3.63) is 0 Å². The number of carbonyl (C=O) groups is 1. The number of hydrogen-bond donors (Lipinski definition) is 3. The van der Waals surface area contributed by atoms with E-state index in [2.05, 4.69) is 26.1 Å². The average Bonchev–Trinajstić information content (AvgIpc) is 3.13. The second kappa shape index (κ2) is 9.54. The first kappa shape index (κ1) is 24.5. The van der Waals surface area contributed by atoms with Gasteiger partial charge in [0.1, 0.15) is 0 Å². The maximum atomic E-state index is 11.7. The second-order valence-electron chi connectivity index (χ2n) is 12.3. The molecule has 4 rings (SSSR count). The lowest BCUT2D eigenvalue weighted by Gasteiger charge is -2.62. The predicted octanol–water partition coefficient (Wildman–Crippen LogP) is 4.12. The highest BCUT2D eigenvalue weighted by Gasteiger charge is 2.62. The number of fused-ring (bicyclic) bond motifs is 5. The summed E-state index contributed by atoms with van der Waals surface area (Å²) in [4.78, 5) is 11.7. The van der Waals surface area contributed by atoms with Crippen molar-refractivity contribution in [3.8, 4) is 0 Å². The van der Waals surface area contributed by atoms with E-state index in [-0.39, 0.29) is 17.5 Å². The third-order valence-corrected chi connectivity index (χ3v) is 11.0. The van der Waals surface area contributed by atoms with Crippen LogP contribution in [0.4, 0.5) is 0 Å². The Morgan fingerprint density at radius 1 is 1.09 bits per heavy atom. The summed E-state index contributed by atoms with van der Waals surface area (Å²) >= 11 is 0. The number of nitrogens with two attached hydrogens (primary N) is 1. The van der Waals surface area contributed by atoms with Gasteiger partial charge in [-0.3, -0.25) is 4.79 Å². The molecule has 5 nitrogen and oxygen atoms in total. The molecule has 4 N–H and O–H groups in total. The highest BCUT2D eigenvalue weighted by molar-refractivity contribution is 5.69. The molecule has 0 aliphatic heterocycles. The maximum Gasteiger partial charge on any atom is 0.305 e. The molecule has 32 heavy (non-hydrogen) atoms. The largest absolute Gasteiger partial charge is 0.469 e. The highest BCUT2D eigenvalue weighted by Crippen LogP contribution is 2.68. The first-order chi connectivity index (χ1) is 15.2. The molecule has 4 aliphatic carbocycles. The van der Waals surface area contributed by atoms with Crippen LogP contribution in [-0.2, 0) is 9.53 Å². The quantitative estimate of drug-likeness (QED) is 0.510. The fourth-order valence-corrected chi connectivity index (χ4v) is 9.40. The lowest BCUT2D eigenvalue weighted by atomic mass is 9.43. The van der Waals surface area contributed by atoms with Crippen molar-refractivity contribution in [2.24, 2.45) is 52.1 Å². The van der Waals surface area contributed by atoms with Gasteiger partial charge < -0.3 is 20.9 Å². The Kier molecular flexibility index (Phi) is 7.30. The van der Waals surface area contributed by atoms with Gasteiger partial charge in [0, 0.05) is 25.6 Å². The van der Waals surface area contributed by atoms with Gasteiger partial charge in [-0.05, 0) is 104 Å². The van der Waals surface area contributed by atoms with Crippen LogP contribution in [-0.4, -0.2) is 43.4 Å². The molecule has 4 aliphatic rings. The number of rotatable bonds is 7. The van der Waals surface area contributed by atoms with Crippen molar-refractivity contribution in [1.29, 1.82) is 0 Å². The summed E-state index contributed by atoms with van der Waals surface area (Å²) in [7, 11) is 1.49. The number of esters is 1. The molecule has 0 radical (unpaired) electrons. The van der Waals surface area contributed by atoms with E-state index in [1.165, 1.54) is 45.6 Å². The zero-order valence-corrected chi connectivity index (χ0v) is 20.9. The minimum Gasteiger partial charge on any atom is -0.469 e. The van der Waals surface area contributed by atoms with Crippen molar-refractivity contribution in [1.82, 2.24) is 5.32 Å². The molecular weight excluding hydrogens is 400 g/mol. The van der Waals surface area contributed by atoms with Crippen LogP contribution in [0.15, 0.2) is 0 Å². The summed E-state index contributed by atoms with van der Waals surface area (Å²) in [6.07, 6.45) is 11.1. The zero-order valence-electron chi connectivity index (χ0n) is 20.9. The number of aliphatic hydroxyl groups is 1. The minimum atomic E-state index is -0.165. The minimum absolute atomic E-state index is 0.0776. The Morgan fingerprint density at radius 3 is 2.53 bits per heavy atom. The summed E-state index contributed by atoms with van der Waals surface area (Å²) in [5.74, 6) is 3.75. The smallest absolute Gasteiger partial charge is 0.305 e. The van der Waals surface area contributed by atoms with Crippen LogP contribution >= 0.6 is 0 Å². The molecule has 0 aromatic heterocycles. The molecule has 184 valence electrons. The van der Waals surface area contributed by atoms with Crippen molar-refractivity contribution in [2.75, 3.05) is 20.2 Å². The van der Waals surface area contributed by atoms with Gasteiger partial charge in [0.05, 0.1) is 13.2 Å². The summed E-state index contributed by atoms with van der Waals surface area (Å²) in [5.41, 5.74) is 6.36. The lowest BCUT2D eigenvalue weighted by molar-refractivity contribution is -0.162. The van der Waals surface area contributed by atoms with Gasteiger partial charge in [-0.1, -0.05) is 20.8 Å². The summed E-state index contributed by atoms with van der Waals surface area (Å²) < 4.78 is 4.89. The van der Waals surface area contributed by atoms with Gasteiger partial charge in [0.2, 0.25) is 0 Å². The van der Waals surface area contributed by atoms with E-state index >= 15 is 0 Å². The van der Waals surface area contributed by atoms with Crippen LogP contribution in [0.5, 0.6) is 0 Å². The molecule has 4 fully saturated rings. The molecular formula is C27H48N2O3. The molecule has 0 aromatic carbocycles. The van der Waals surface area contributed by atoms with E-state index in [9.17, 15) is 9.90 Å². The third kappa shape index (κ3) is 4.15. The Morgan fingerprint density at radius 2 is 1.81 bits per heavy atom. The molecule has 0 spiro atoms. The molecule has 0 bridgehead atoms. The monoisotopic (exact) mass is 448 g/mol. The molecule has 0 heterocycles. The molecule has 0 amide bonds. The molecule has 0 aromatic rings. The molecule has 4 unspecified atom stereocenters. The van der Waals surface area contributed by atoms with Crippen molar-refractivity contribution in [2.45, 2.75) is 97.1 Å². The lowest BCUT2D eigenvalue weighted by Crippen LogP contribution is -2.59. The van der Waals surface area contributed by atoms with E-state index in [0.717, 1.165) is 37.6 Å². The Bertz CT molecular complexity index is 671. The first-order valence-corrected chi connectivity index (χ1v) is 13.4. The van der Waals surface area contributed by atoms with Gasteiger partial charge in [0.15, 0.2) is 0 Å². The van der Waals surface area contributed by atoms with E-state index in [0.29, 0.717) is 48.1 Å². The summed E-state index contributed by atoms with van der Waals surface area (Å²) in [6.45, 7) is 8.99. The van der Waals surface area contributed by atoms with Crippen LogP contribution in [0.25, 0.3) is 0 Å². The van der Waals surface area contributed by atoms with E-state index in [1.807, 2.05) is 0 Å². The van der Waals surface area contributed by atoms with Crippen LogP contribution in [0.1, 0.15) is 85.0 Å². The number of ether oxygens (including phenoxy) is 1. The Labute approximate surface area is 195 Å². The predicted molar refractivity (Wildman–Crippen MR) is 128 cm³/mol. The third-order valence-electron chi connectivity index (χ3n) is 11.0. The van der Waals surface area contributed by atoms with E-state index < -0.39 is 0 Å². The number of carbonyl (C=O) groups excluding carboxylic acids is 1. The summed E-state index contributed by atoms with van der Waals surface area (Å²) in [5, 5.41) is 15.0. The van der Waals surface area contributed by atoms with Gasteiger partial charge in [-0.15, -0.1) is 0 Å². The van der Waals surface area contributed by atoms with Crippen LogP contribution in [0, 0.1) is 46.3 Å². The normalized spacial score (nSPS) is 46.6. The van der Waals surface area contributed by atoms with Crippen LogP contribution in [0.2, 0.25) is 0 Å². The first-order valence-electron chi connectivity index (χ1n) is 13.4. The SMILES string of the molecule is COC(=O)CC[C@@H](C)[C@H]1CCC2C3C[C@H](O)[C@@H]4CC(NCCN)CC[C@]4(C)C3CC[C@@]21C. The van der Waals surface area contributed by atoms with Crippen molar-refractivity contribution < 1.29 is 14.6 Å². The molecule has 10 atom stereocenters. The molecule has 0 saturated heterocycles. The number of nitrogens with one attached hydrogen (secondary N) is 1. The average molecular weight is 449 g/mol. The van der Waals surface area contributed by atoms with Gasteiger partial charge in [-0.2, -0.15) is 0 Å². The number of hydrogen-bond acceptors (Lipinski definition) is 5. The summed E-state index contributed by atoms with van der Waals surface area (Å²) in [6, 6.07) is 0.517. The van der Waals surface area contributed by atoms with Crippen molar-refractivity contribution >= 4 is 5.97 Å². The topological polar surface area (TPSA) is 84.6 Å². The zero-order chi connectivity index (χ0) is 23.1. The highest BCUT2D eigenvalue weighted by atomic mass is 16.5. The molecule has 4 saturated carbocycles. The standard InChI is InChI=1S/C27H48N2O3/c1-17(5-8-25(31)32-4)20-6-7-21-19-16-24(30)23-15-18(29-14-13-28)9-11-27(23,3)22(19)10-12-26(20,21)2/h17-24,29-30H,5-16,28H2,1-4H3/t17-,18?,19?,20-,21?,22?,23+,24+,26-,27-/m1/s1. The van der Waals surface area contributed by atoms with E-state index in [1.54, 1.807) is 0 Å². The Hall–Kier alpha value is -0.650.